The first kappa shape index (κ1) is 21.6. The number of benzene rings is 2. The van der Waals surface area contributed by atoms with Gasteiger partial charge in [-0.1, -0.05) is 15.9 Å². The van der Waals surface area contributed by atoms with Crippen LogP contribution in [0.25, 0.3) is 16.7 Å². The lowest BCUT2D eigenvalue weighted by Gasteiger charge is -2.10. The Morgan fingerprint density at radius 1 is 1.09 bits per heavy atom. The monoisotopic (exact) mass is 493 g/mol. The molecule has 0 aliphatic carbocycles. The summed E-state index contributed by atoms with van der Waals surface area (Å²) in [5.74, 6) is -0.106. The zero-order valence-corrected chi connectivity index (χ0v) is 19.3. The lowest BCUT2D eigenvalue weighted by molar-refractivity contribution is -0.131. The summed E-state index contributed by atoms with van der Waals surface area (Å²) in [6.07, 6.45) is 1.60. The summed E-state index contributed by atoms with van der Waals surface area (Å²) in [5.41, 5.74) is 6.88. The van der Waals surface area contributed by atoms with Crippen molar-refractivity contribution in [1.82, 2.24) is 9.99 Å². The minimum atomic E-state index is -0.427. The first-order chi connectivity index (χ1) is 15.3. The van der Waals surface area contributed by atoms with Crippen LogP contribution in [-0.2, 0) is 4.79 Å². The second-order valence-electron chi connectivity index (χ2n) is 7.24. The van der Waals surface area contributed by atoms with Crippen molar-refractivity contribution in [3.8, 4) is 11.4 Å². The molecule has 0 radical (unpaired) electrons. The molecule has 0 atom stereocenters. The van der Waals surface area contributed by atoms with Gasteiger partial charge in [0, 0.05) is 39.4 Å². The molecule has 8 heteroatoms. The molecule has 0 aliphatic rings. The number of aryl methyl sites for hydroxylation is 1. The number of nitrogens with zero attached hydrogens (tertiary/aromatic N) is 2. The van der Waals surface area contributed by atoms with Crippen LogP contribution >= 0.6 is 15.9 Å². The zero-order chi connectivity index (χ0) is 22.8. The van der Waals surface area contributed by atoms with Crippen LogP contribution in [0.4, 0.5) is 0 Å². The van der Waals surface area contributed by atoms with Crippen molar-refractivity contribution in [3.05, 3.63) is 81.8 Å². The Kier molecular flexibility index (Phi) is 5.96. The number of furan rings is 1. The zero-order valence-electron chi connectivity index (χ0n) is 17.7. The number of aromatic nitrogens is 1. The molecule has 0 saturated heterocycles. The van der Waals surface area contributed by atoms with E-state index in [0.717, 1.165) is 32.5 Å². The van der Waals surface area contributed by atoms with E-state index in [0.29, 0.717) is 11.3 Å². The number of hydrogen-bond donors (Lipinski definition) is 1. The minimum absolute atomic E-state index is 0.189. The molecule has 7 nitrogen and oxygen atoms in total. The Hall–Kier alpha value is -3.65. The molecule has 2 aromatic carbocycles. The maximum Gasteiger partial charge on any atom is 0.308 e. The summed E-state index contributed by atoms with van der Waals surface area (Å²) in [6, 6.07) is 16.4. The van der Waals surface area contributed by atoms with Crippen LogP contribution in [0.5, 0.6) is 5.75 Å². The average Bonchev–Trinajstić information content (AvgIpc) is 3.28. The molecular weight excluding hydrogens is 474 g/mol. The highest BCUT2D eigenvalue weighted by Gasteiger charge is 2.13. The van der Waals surface area contributed by atoms with Gasteiger partial charge in [-0.3, -0.25) is 9.59 Å². The molecule has 4 aromatic rings. The van der Waals surface area contributed by atoms with Gasteiger partial charge in [0.1, 0.15) is 11.3 Å². The standard InChI is InChI=1S/C24H20BrN3O4/c1-14-10-18(15(2)28(14)20-5-7-21(8-6-20)31-16(3)29)13-26-27-24(30)23-12-17-11-19(25)4-9-22(17)32-23/h4-13H,1-3H3,(H,27,30)/b26-13+. The molecule has 2 heterocycles. The van der Waals surface area contributed by atoms with Crippen LogP contribution in [0.2, 0.25) is 0 Å². The summed E-state index contributed by atoms with van der Waals surface area (Å²) in [7, 11) is 0. The summed E-state index contributed by atoms with van der Waals surface area (Å²) in [4.78, 5) is 23.5. The second-order valence-corrected chi connectivity index (χ2v) is 8.16. The van der Waals surface area contributed by atoms with Gasteiger partial charge >= 0.3 is 11.9 Å². The molecule has 0 fully saturated rings. The molecular formula is C24H20BrN3O4. The van der Waals surface area contributed by atoms with E-state index in [9.17, 15) is 9.59 Å². The maximum atomic E-state index is 12.4. The van der Waals surface area contributed by atoms with Gasteiger partial charge in [0.25, 0.3) is 0 Å². The van der Waals surface area contributed by atoms with Crippen molar-refractivity contribution in [1.29, 1.82) is 0 Å². The van der Waals surface area contributed by atoms with Gasteiger partial charge in [0.2, 0.25) is 0 Å². The number of hydrogen-bond acceptors (Lipinski definition) is 5. The minimum Gasteiger partial charge on any atom is -0.451 e. The smallest absolute Gasteiger partial charge is 0.308 e. The number of fused-ring (bicyclic) bond motifs is 1. The molecule has 0 bridgehead atoms. The van der Waals surface area contributed by atoms with E-state index >= 15 is 0 Å². The highest BCUT2D eigenvalue weighted by atomic mass is 79.9. The van der Waals surface area contributed by atoms with Crippen molar-refractivity contribution in [2.45, 2.75) is 20.8 Å². The molecule has 2 aromatic heterocycles. The van der Waals surface area contributed by atoms with Crippen molar-refractivity contribution in [2.24, 2.45) is 5.10 Å². The Morgan fingerprint density at radius 2 is 1.84 bits per heavy atom. The molecule has 162 valence electrons. The van der Waals surface area contributed by atoms with Crippen molar-refractivity contribution < 1.29 is 18.7 Å². The Bertz CT molecular complexity index is 1350. The molecule has 1 amide bonds. The number of carbonyl (C=O) groups is 2. The van der Waals surface area contributed by atoms with E-state index in [1.165, 1.54) is 6.92 Å². The maximum absolute atomic E-state index is 12.4. The van der Waals surface area contributed by atoms with Gasteiger partial charge in [-0.25, -0.2) is 5.43 Å². The van der Waals surface area contributed by atoms with E-state index in [-0.39, 0.29) is 11.7 Å². The third-order valence-corrected chi connectivity index (χ3v) is 5.39. The highest BCUT2D eigenvalue weighted by Crippen LogP contribution is 2.24. The number of rotatable bonds is 5. The molecule has 4 rings (SSSR count). The molecule has 0 unspecified atom stereocenters. The second kappa shape index (κ2) is 8.84. The van der Waals surface area contributed by atoms with E-state index < -0.39 is 5.91 Å². The molecule has 32 heavy (non-hydrogen) atoms. The number of esters is 1. The number of nitrogens with one attached hydrogen (secondary N) is 1. The highest BCUT2D eigenvalue weighted by molar-refractivity contribution is 9.10. The van der Waals surface area contributed by atoms with Gasteiger partial charge < -0.3 is 13.7 Å². The molecule has 0 aliphatic heterocycles. The predicted octanol–water partition coefficient (Wildman–Crippen LogP) is 5.29. The van der Waals surface area contributed by atoms with Crippen LogP contribution in [0.3, 0.4) is 0 Å². The summed E-state index contributed by atoms with van der Waals surface area (Å²) in [5, 5.41) is 4.93. The first-order valence-corrected chi connectivity index (χ1v) is 10.6. The molecule has 0 saturated carbocycles. The Balaban J connectivity index is 1.49. The van der Waals surface area contributed by atoms with Gasteiger partial charge in [-0.05, 0) is 68.4 Å². The van der Waals surface area contributed by atoms with Crippen molar-refractivity contribution in [2.75, 3.05) is 0 Å². The number of ether oxygens (including phenoxy) is 1. The third kappa shape index (κ3) is 4.50. The molecule has 1 N–H and O–H groups in total. The largest absolute Gasteiger partial charge is 0.451 e. The van der Waals surface area contributed by atoms with E-state index in [4.69, 9.17) is 9.15 Å². The van der Waals surface area contributed by atoms with Crippen LogP contribution in [0, 0.1) is 13.8 Å². The van der Waals surface area contributed by atoms with Crippen LogP contribution in [0.15, 0.2) is 68.6 Å². The Labute approximate surface area is 192 Å². The fraction of sp³-hybridized carbons (Fsp3) is 0.125. The SMILES string of the molecule is CC(=O)Oc1ccc(-n2c(C)cc(/C=N/NC(=O)c3cc4cc(Br)ccc4o3)c2C)cc1. The van der Waals surface area contributed by atoms with Gasteiger partial charge in [0.15, 0.2) is 5.76 Å². The first-order valence-electron chi connectivity index (χ1n) is 9.82. The third-order valence-electron chi connectivity index (χ3n) is 4.90. The van der Waals surface area contributed by atoms with Crippen molar-refractivity contribution >= 4 is 45.0 Å². The summed E-state index contributed by atoms with van der Waals surface area (Å²) < 4.78 is 13.6. The number of hydrazone groups is 1. The molecule has 0 spiro atoms. The van der Waals surface area contributed by atoms with E-state index in [1.807, 2.05) is 44.2 Å². The van der Waals surface area contributed by atoms with E-state index in [2.05, 4.69) is 31.0 Å². The van der Waals surface area contributed by atoms with Gasteiger partial charge in [0.05, 0.1) is 6.21 Å². The fourth-order valence-corrected chi connectivity index (χ4v) is 3.87. The average molecular weight is 494 g/mol. The van der Waals surface area contributed by atoms with E-state index in [1.54, 1.807) is 30.5 Å². The van der Waals surface area contributed by atoms with Crippen LogP contribution < -0.4 is 10.2 Å². The summed E-state index contributed by atoms with van der Waals surface area (Å²) >= 11 is 3.40. The Morgan fingerprint density at radius 3 is 2.56 bits per heavy atom. The van der Waals surface area contributed by atoms with Gasteiger partial charge in [-0.2, -0.15) is 5.10 Å². The lowest BCUT2D eigenvalue weighted by Crippen LogP contribution is -2.16. The fourth-order valence-electron chi connectivity index (χ4n) is 3.49. The van der Waals surface area contributed by atoms with Crippen LogP contribution in [0.1, 0.15) is 34.4 Å². The number of amides is 1. The number of halogens is 1. The summed E-state index contributed by atoms with van der Waals surface area (Å²) in [6.45, 7) is 5.31. The van der Waals surface area contributed by atoms with Gasteiger partial charge in [-0.15, -0.1) is 0 Å². The van der Waals surface area contributed by atoms with Crippen molar-refractivity contribution in [3.63, 3.8) is 0 Å². The predicted molar refractivity (Wildman–Crippen MR) is 126 cm³/mol. The van der Waals surface area contributed by atoms with Crippen LogP contribution in [-0.4, -0.2) is 22.7 Å². The topological polar surface area (TPSA) is 85.8 Å². The normalized spacial score (nSPS) is 11.2. The lowest BCUT2D eigenvalue weighted by atomic mass is 10.2. The number of carbonyl (C=O) groups excluding carboxylic acids is 2. The quantitative estimate of drug-likeness (QED) is 0.177.